The quantitative estimate of drug-likeness (QED) is 0.114. The lowest BCUT2D eigenvalue weighted by Crippen LogP contribution is -2.33. The number of fused-ring (bicyclic) bond motifs is 24. The standard InChI is InChI=1S/C122H78N4/c1-5-34-79(35-6-1)85-72-86(80-36-7-2-8-37-80)76-91(75-85)123(87-40-9-3-10-41-87)89-44-30-39-83(74-89)93-54-31-61-110-118(93)103-53-18-22-58-106(103)122(110)109-60-24-28-67-116(109)126-117-78-84(68-70-100(117)102-56-33-63-112(122)120(102)126)92-46-13-14-47-94(92)95-48-15-16-49-96(95)98-51-19-25-64-113(98)124(88-42-11-4-12-43-88)90-45-29-38-81(73-90)82-69-71-107-104(77-82)97-50-17-21-57-105(97)121(107)108-59-23-27-66-115(108)125-114-65-26-20-52-99(114)101-55-32-62-111(121)119(101)125/h1-78H. The average molecular weight is 1600 g/mol. The smallest absolute Gasteiger partial charge is 0.0754 e. The van der Waals surface area contributed by atoms with E-state index in [0.717, 1.165) is 95.3 Å². The first-order valence-electron chi connectivity index (χ1n) is 43.8. The van der Waals surface area contributed by atoms with Crippen molar-refractivity contribution >= 4 is 77.7 Å². The van der Waals surface area contributed by atoms with E-state index < -0.39 is 10.8 Å². The maximum absolute atomic E-state index is 2.60. The van der Waals surface area contributed by atoms with Gasteiger partial charge < -0.3 is 18.9 Å². The van der Waals surface area contributed by atoms with Gasteiger partial charge in [0.25, 0.3) is 0 Å². The predicted octanol–water partition coefficient (Wildman–Crippen LogP) is 31.8. The molecule has 4 aliphatic rings. The van der Waals surface area contributed by atoms with Gasteiger partial charge in [-0.25, -0.2) is 0 Å². The molecule has 2 unspecified atom stereocenters. The molecule has 0 saturated heterocycles. The molecule has 0 amide bonds. The van der Waals surface area contributed by atoms with E-state index >= 15 is 0 Å². The van der Waals surface area contributed by atoms with Gasteiger partial charge in [0.15, 0.2) is 0 Å². The molecule has 2 spiro atoms. The number of anilines is 6. The summed E-state index contributed by atoms with van der Waals surface area (Å²) in [5, 5.41) is 5.00. The van der Waals surface area contributed by atoms with E-state index in [1.807, 2.05) is 0 Å². The predicted molar refractivity (Wildman–Crippen MR) is 524 cm³/mol. The lowest BCUT2D eigenvalue weighted by Gasteiger charge is -2.39. The van der Waals surface area contributed by atoms with E-state index in [9.17, 15) is 0 Å². The van der Waals surface area contributed by atoms with Crippen LogP contribution in [-0.4, -0.2) is 9.13 Å². The van der Waals surface area contributed by atoms with Crippen molar-refractivity contribution in [2.75, 3.05) is 9.80 Å². The van der Waals surface area contributed by atoms with Crippen molar-refractivity contribution in [1.82, 2.24) is 9.13 Å². The summed E-state index contributed by atoms with van der Waals surface area (Å²) in [4.78, 5) is 4.89. The minimum atomic E-state index is -0.665. The Morgan fingerprint density at radius 1 is 0.167 bits per heavy atom. The molecule has 0 N–H and O–H groups in total. The second kappa shape index (κ2) is 28.1. The van der Waals surface area contributed by atoms with Gasteiger partial charge in [0, 0.05) is 55.5 Å². The highest BCUT2D eigenvalue weighted by atomic mass is 15.2. The highest BCUT2D eigenvalue weighted by Gasteiger charge is 2.53. The van der Waals surface area contributed by atoms with Crippen molar-refractivity contribution < 1.29 is 0 Å². The molecule has 2 aromatic heterocycles. The third-order valence-corrected chi connectivity index (χ3v) is 27.7. The minimum absolute atomic E-state index is 0.536. The molecule has 26 rings (SSSR count). The van der Waals surface area contributed by atoms with Crippen LogP contribution in [0.3, 0.4) is 0 Å². The maximum atomic E-state index is 2.60. The van der Waals surface area contributed by atoms with Crippen LogP contribution in [0, 0.1) is 0 Å². The molecule has 0 fully saturated rings. The Hall–Kier alpha value is -16.4. The molecule has 4 nitrogen and oxygen atoms in total. The van der Waals surface area contributed by atoms with Crippen molar-refractivity contribution in [3.05, 3.63) is 518 Å². The monoisotopic (exact) mass is 1600 g/mol. The van der Waals surface area contributed by atoms with Gasteiger partial charge in [-0.2, -0.15) is 0 Å². The van der Waals surface area contributed by atoms with E-state index in [-0.39, 0.29) is 0 Å². The fraction of sp³-hybridized carbons (Fsp3) is 0.0164. The molecule has 2 aliphatic carbocycles. The van der Waals surface area contributed by atoms with Gasteiger partial charge in [-0.1, -0.05) is 370 Å². The van der Waals surface area contributed by atoms with Crippen LogP contribution in [0.5, 0.6) is 0 Å². The summed E-state index contributed by atoms with van der Waals surface area (Å²) in [6, 6.07) is 177. The Bertz CT molecular complexity index is 8180. The number of rotatable bonds is 13. The molecule has 4 heterocycles. The second-order valence-corrected chi connectivity index (χ2v) is 34.0. The van der Waals surface area contributed by atoms with Crippen LogP contribution in [0.15, 0.2) is 473 Å². The van der Waals surface area contributed by atoms with E-state index in [1.165, 1.54) is 138 Å². The Balaban J connectivity index is 0.581. The normalized spacial score (nSPS) is 14.6. The highest BCUT2D eigenvalue weighted by Crippen LogP contribution is 2.65. The van der Waals surface area contributed by atoms with E-state index in [1.54, 1.807) is 0 Å². The van der Waals surface area contributed by atoms with Gasteiger partial charge >= 0.3 is 0 Å². The number of hydrogen-bond donors (Lipinski definition) is 0. The van der Waals surface area contributed by atoms with Crippen LogP contribution < -0.4 is 9.80 Å². The van der Waals surface area contributed by atoms with Crippen molar-refractivity contribution in [3.63, 3.8) is 0 Å². The first-order valence-corrected chi connectivity index (χ1v) is 43.8. The highest BCUT2D eigenvalue weighted by molar-refractivity contribution is 6.16. The number of aromatic nitrogens is 2. The molecule has 2 aliphatic heterocycles. The summed E-state index contributed by atoms with van der Waals surface area (Å²) in [7, 11) is 0. The molecule has 20 aromatic carbocycles. The zero-order valence-electron chi connectivity index (χ0n) is 68.8. The molecule has 0 saturated carbocycles. The van der Waals surface area contributed by atoms with Crippen molar-refractivity contribution in [2.24, 2.45) is 0 Å². The second-order valence-electron chi connectivity index (χ2n) is 34.0. The number of hydrogen-bond acceptors (Lipinski definition) is 2. The molecular weight excluding hydrogens is 1520 g/mol. The van der Waals surface area contributed by atoms with Crippen LogP contribution in [0.2, 0.25) is 0 Å². The zero-order chi connectivity index (χ0) is 82.7. The Labute approximate surface area is 731 Å². The van der Waals surface area contributed by atoms with Gasteiger partial charge in [0.1, 0.15) is 0 Å². The van der Waals surface area contributed by atoms with E-state index in [4.69, 9.17) is 0 Å². The SMILES string of the molecule is c1ccc(-c2cc(-c3ccccc3)cc(N(c3ccccc3)c3cccc(-c4cccc5c4-c4ccccc4C54c5ccccc5-n5c6cc(-c7ccccc7-c7ccccc7-c7ccccc7N(c7ccccc7)c7cccc(-c8ccc9c(c8)-c8ccccc8C98c9ccccc9-n9c%10ccccc%10c%10cccc8c%109)c7)ccc6c6cccc4c65)c3)c2)cc1. The topological polar surface area (TPSA) is 16.3 Å². The Morgan fingerprint density at radius 3 is 1.21 bits per heavy atom. The van der Waals surface area contributed by atoms with Crippen molar-refractivity contribution in [1.29, 1.82) is 0 Å². The summed E-state index contributed by atoms with van der Waals surface area (Å²) >= 11 is 0. The largest absolute Gasteiger partial charge is 0.310 e. The number of benzene rings is 20. The molecule has 2 atom stereocenters. The summed E-state index contributed by atoms with van der Waals surface area (Å²) in [6.07, 6.45) is 0. The third kappa shape index (κ3) is 10.4. The molecule has 22 aromatic rings. The van der Waals surface area contributed by atoms with Crippen LogP contribution in [0.25, 0.3) is 155 Å². The van der Waals surface area contributed by atoms with Gasteiger partial charge in [-0.3, -0.25) is 0 Å². The van der Waals surface area contributed by atoms with Crippen molar-refractivity contribution in [2.45, 2.75) is 10.8 Å². The number of para-hydroxylation sites is 8. The summed E-state index contributed by atoms with van der Waals surface area (Å²) in [5.41, 5.74) is 44.1. The Kier molecular flexibility index (Phi) is 15.9. The van der Waals surface area contributed by atoms with Crippen molar-refractivity contribution in [3.8, 4) is 112 Å². The molecule has 586 valence electrons. The molecule has 0 radical (unpaired) electrons. The summed E-state index contributed by atoms with van der Waals surface area (Å²) in [5.74, 6) is 0. The van der Waals surface area contributed by atoms with Gasteiger partial charge in [-0.15, -0.1) is 0 Å². The zero-order valence-corrected chi connectivity index (χ0v) is 68.8. The van der Waals surface area contributed by atoms with Crippen LogP contribution in [0.4, 0.5) is 34.1 Å². The fourth-order valence-electron chi connectivity index (χ4n) is 22.6. The first-order chi connectivity index (χ1) is 62.5. The van der Waals surface area contributed by atoms with E-state index in [2.05, 4.69) is 492 Å². The maximum Gasteiger partial charge on any atom is 0.0754 e. The summed E-state index contributed by atoms with van der Waals surface area (Å²) in [6.45, 7) is 0. The number of nitrogens with zero attached hydrogens (tertiary/aromatic N) is 4. The van der Waals surface area contributed by atoms with Crippen LogP contribution >= 0.6 is 0 Å². The van der Waals surface area contributed by atoms with Gasteiger partial charge in [0.05, 0.1) is 50.0 Å². The van der Waals surface area contributed by atoms with Gasteiger partial charge in [0.2, 0.25) is 0 Å². The first kappa shape index (κ1) is 71.3. The van der Waals surface area contributed by atoms with Crippen LogP contribution in [-0.2, 0) is 10.8 Å². The summed E-state index contributed by atoms with van der Waals surface area (Å²) < 4.78 is 5.12. The van der Waals surface area contributed by atoms with Gasteiger partial charge in [-0.05, 0) is 242 Å². The molecular formula is C122H78N4. The lowest BCUT2D eigenvalue weighted by atomic mass is 9.65. The minimum Gasteiger partial charge on any atom is -0.310 e. The Morgan fingerprint density at radius 2 is 0.548 bits per heavy atom. The molecule has 126 heavy (non-hydrogen) atoms. The van der Waals surface area contributed by atoms with E-state index in [0.29, 0.717) is 0 Å². The third-order valence-electron chi connectivity index (χ3n) is 27.7. The molecule has 0 bridgehead atoms. The molecule has 4 heteroatoms. The average Bonchev–Trinajstić information content (AvgIpc) is 1.50. The lowest BCUT2D eigenvalue weighted by molar-refractivity contribution is 0.748. The van der Waals surface area contributed by atoms with Crippen LogP contribution in [0.1, 0.15) is 44.5 Å². The fourth-order valence-corrected chi connectivity index (χ4v) is 22.6.